The number of hydrogen-bond donors (Lipinski definition) is 0. The summed E-state index contributed by atoms with van der Waals surface area (Å²) >= 11 is 14.7. The van der Waals surface area contributed by atoms with E-state index < -0.39 is 21.9 Å². The normalized spacial score (nSPS) is 18.9. The molecule has 0 aliphatic rings. The molecule has 4 nitrogen and oxygen atoms in total. The van der Waals surface area contributed by atoms with Gasteiger partial charge in [0.1, 0.15) is 5.76 Å². The van der Waals surface area contributed by atoms with Gasteiger partial charge in [-0.25, -0.2) is 4.57 Å². The number of benzene rings is 1. The first kappa shape index (κ1) is 9.01. The molecule has 0 atom stereocenters. The average Bonchev–Trinajstić information content (AvgIpc) is 2.31. The van der Waals surface area contributed by atoms with Crippen molar-refractivity contribution in [1.82, 2.24) is 0 Å². The lowest BCUT2D eigenvalue weighted by atomic mass is 10.2. The predicted octanol–water partition coefficient (Wildman–Crippen LogP) is 5.10. The smallest absolute Gasteiger partial charge is 0.403 e. The number of rotatable bonds is 5. The van der Waals surface area contributed by atoms with E-state index >= 15 is 0 Å². The van der Waals surface area contributed by atoms with Gasteiger partial charge in [0.05, 0.1) is 13.2 Å². The summed E-state index contributed by atoms with van der Waals surface area (Å²) in [7, 11) is -11.5. The zero-order chi connectivity index (χ0) is 18.8. The highest BCUT2D eigenvalue weighted by molar-refractivity contribution is 9.11. The second-order valence-corrected chi connectivity index (χ2v) is 5.56. The molecule has 1 aromatic rings. The highest BCUT2D eigenvalue weighted by Crippen LogP contribution is 2.52. The van der Waals surface area contributed by atoms with Crippen LogP contribution in [0.15, 0.2) is 23.2 Å². The van der Waals surface area contributed by atoms with Gasteiger partial charge in [0, 0.05) is 29.6 Å². The van der Waals surface area contributed by atoms with Crippen LogP contribution in [0, 0.1) is 0 Å². The van der Waals surface area contributed by atoms with Crippen molar-refractivity contribution in [3.8, 4) is 0 Å². The molecule has 100 valence electrons. The van der Waals surface area contributed by atoms with E-state index in [0.29, 0.717) is 5.02 Å². The molecule has 8 heteroatoms. The van der Waals surface area contributed by atoms with Crippen molar-refractivity contribution in [2.45, 2.75) is 0 Å². The van der Waals surface area contributed by atoms with Crippen LogP contribution in [0.5, 0.6) is 0 Å². The molecule has 0 bridgehead atoms. The second-order valence-electron chi connectivity index (χ2n) is 2.82. The Balaban J connectivity index is 3.22. The quantitative estimate of drug-likeness (QED) is 0.525. The topological polar surface area (TPSA) is 44.8 Å². The lowest BCUT2D eigenvalue weighted by Gasteiger charge is -2.17. The fraction of sp³-hybridized carbons (Fsp3) is 0.200. The summed E-state index contributed by atoms with van der Waals surface area (Å²) in [5.41, 5.74) is 0.140. The third-order valence-electron chi connectivity index (χ3n) is 1.73. The van der Waals surface area contributed by atoms with E-state index in [1.165, 1.54) is 18.2 Å². The van der Waals surface area contributed by atoms with Gasteiger partial charge in [-0.3, -0.25) is 9.05 Å². The Morgan fingerprint density at radius 1 is 1.44 bits per heavy atom. The van der Waals surface area contributed by atoms with E-state index in [1.54, 1.807) is 0 Å². The van der Waals surface area contributed by atoms with Crippen LogP contribution in [-0.2, 0) is 18.1 Å². The first-order chi connectivity index (χ1) is 10.7. The largest absolute Gasteiger partial charge is 0.529 e. The summed E-state index contributed by atoms with van der Waals surface area (Å²) in [4.78, 5) is 1.10. The maximum atomic E-state index is 12.4. The minimum Gasteiger partial charge on any atom is -0.403 e. The number of phosphoric ester groups is 1. The van der Waals surface area contributed by atoms with Crippen molar-refractivity contribution >= 4 is 52.7 Å². The van der Waals surface area contributed by atoms with Gasteiger partial charge in [0.2, 0.25) is 0 Å². The molecular weight excluding hydrogens is 366 g/mol. The Labute approximate surface area is 132 Å². The van der Waals surface area contributed by atoms with E-state index in [4.69, 9.17) is 36.0 Å². The zero-order valence-corrected chi connectivity index (χ0v) is 12.5. The van der Waals surface area contributed by atoms with Crippen molar-refractivity contribution in [2.24, 2.45) is 0 Å². The molecule has 1 rings (SSSR count). The molecule has 0 aromatic heterocycles. The second kappa shape index (κ2) is 6.94. The van der Waals surface area contributed by atoms with Gasteiger partial charge in [-0.1, -0.05) is 39.1 Å². The van der Waals surface area contributed by atoms with Crippen LogP contribution in [0.2, 0.25) is 10.0 Å². The fourth-order valence-electron chi connectivity index (χ4n) is 0.994. The number of halogens is 3. The monoisotopic (exact) mass is 380 g/mol. The molecule has 0 unspecified atom stereocenters. The van der Waals surface area contributed by atoms with Gasteiger partial charge in [0.15, 0.2) is 0 Å². The zero-order valence-electron chi connectivity index (χ0n) is 14.5. The molecule has 18 heavy (non-hydrogen) atoms. The van der Waals surface area contributed by atoms with E-state index in [0.717, 1.165) is 4.99 Å². The maximum Gasteiger partial charge on any atom is 0.529 e. The highest BCUT2D eigenvalue weighted by atomic mass is 79.9. The first-order valence-corrected chi connectivity index (χ1v) is 7.35. The summed E-state index contributed by atoms with van der Waals surface area (Å²) in [5.74, 6) is -0.284. The first-order valence-electron chi connectivity index (χ1n) is 7.22. The fourth-order valence-corrected chi connectivity index (χ4v) is 2.48. The van der Waals surface area contributed by atoms with E-state index in [9.17, 15) is 4.57 Å². The number of hydrogen-bond acceptors (Lipinski definition) is 4. The van der Waals surface area contributed by atoms with Crippen LogP contribution < -0.4 is 0 Å². The summed E-state index contributed by atoms with van der Waals surface area (Å²) in [6.45, 7) is 0. The summed E-state index contributed by atoms with van der Waals surface area (Å²) in [6, 6.07) is 4.16. The summed E-state index contributed by atoms with van der Waals surface area (Å²) < 4.78 is 67.8. The molecule has 0 radical (unpaired) electrons. The van der Waals surface area contributed by atoms with Gasteiger partial charge in [-0.15, -0.1) is 0 Å². The minimum absolute atomic E-state index is 0.0718. The molecule has 0 saturated heterocycles. The van der Waals surface area contributed by atoms with Crippen molar-refractivity contribution in [2.75, 3.05) is 14.1 Å². The number of phosphoric acid groups is 1. The van der Waals surface area contributed by atoms with Crippen LogP contribution in [0.3, 0.4) is 0 Å². The van der Waals surface area contributed by atoms with E-state index in [2.05, 4.69) is 25.0 Å². The lowest BCUT2D eigenvalue weighted by Crippen LogP contribution is -1.95. The Kier molecular flexibility index (Phi) is 3.47. The molecular formula is C10H10BrCl2O4P. The van der Waals surface area contributed by atoms with Crippen LogP contribution >= 0.6 is 47.0 Å². The molecule has 1 aromatic carbocycles. The van der Waals surface area contributed by atoms with Crippen molar-refractivity contribution in [3.05, 3.63) is 38.8 Å². The molecule has 0 heterocycles. The van der Waals surface area contributed by atoms with Crippen molar-refractivity contribution in [1.29, 1.82) is 0 Å². The Bertz CT molecular complexity index is 658. The minimum atomic E-state index is -5.05. The predicted molar refractivity (Wildman–Crippen MR) is 76.1 cm³/mol. The van der Waals surface area contributed by atoms with Crippen LogP contribution in [0.25, 0.3) is 5.76 Å². The SMILES string of the molecule is [2H]C([2H])([2H])OP(=O)(O/C(=C/Br)c1ccc(Cl)cc1Cl)OC([2H])([2H])[2H]. The molecule has 0 amide bonds. The molecule has 0 N–H and O–H groups in total. The van der Waals surface area contributed by atoms with Gasteiger partial charge in [-0.05, 0) is 18.2 Å². The Morgan fingerprint density at radius 3 is 2.61 bits per heavy atom. The third-order valence-corrected chi connectivity index (χ3v) is 3.56. The van der Waals surface area contributed by atoms with E-state index in [-0.39, 0.29) is 16.3 Å². The van der Waals surface area contributed by atoms with Gasteiger partial charge >= 0.3 is 7.82 Å². The van der Waals surface area contributed by atoms with Crippen LogP contribution in [0.1, 0.15) is 13.8 Å². The summed E-state index contributed by atoms with van der Waals surface area (Å²) in [5, 5.41) is 0.376. The average molecular weight is 382 g/mol. The standard InChI is InChI=1S/C10H10BrCl2O4P/c1-15-18(14,16-2)17-10(6-11)8-4-3-7(12)5-9(8)13/h3-6H,1-2H3/b10-6+/i1D3,2D3. The molecule has 0 saturated carbocycles. The van der Waals surface area contributed by atoms with Gasteiger partial charge < -0.3 is 4.52 Å². The van der Waals surface area contributed by atoms with E-state index in [1.807, 2.05) is 0 Å². The summed E-state index contributed by atoms with van der Waals surface area (Å²) in [6.07, 6.45) is 0. The van der Waals surface area contributed by atoms with Crippen LogP contribution in [-0.4, -0.2) is 14.1 Å². The molecule has 0 aliphatic heterocycles. The lowest BCUT2D eigenvalue weighted by molar-refractivity contribution is 0.201. The molecule has 0 spiro atoms. The molecule has 0 fully saturated rings. The Hall–Kier alpha value is -0.0300. The highest BCUT2D eigenvalue weighted by Gasteiger charge is 2.27. The van der Waals surface area contributed by atoms with Crippen LogP contribution in [0.4, 0.5) is 0 Å². The van der Waals surface area contributed by atoms with Crippen molar-refractivity contribution < 1.29 is 26.4 Å². The van der Waals surface area contributed by atoms with Gasteiger partial charge in [-0.2, -0.15) is 0 Å². The maximum absolute atomic E-state index is 12.4. The molecule has 0 aliphatic carbocycles. The van der Waals surface area contributed by atoms with Gasteiger partial charge in [0.25, 0.3) is 0 Å². The third kappa shape index (κ3) is 3.98. The Morgan fingerprint density at radius 2 is 2.11 bits per heavy atom. The van der Waals surface area contributed by atoms with Crippen molar-refractivity contribution in [3.63, 3.8) is 0 Å².